The average molecular weight is 322 g/mol. The van der Waals surface area contributed by atoms with Gasteiger partial charge in [-0.05, 0) is 48.4 Å². The van der Waals surface area contributed by atoms with Crippen LogP contribution < -0.4 is 15.2 Å². The predicted molar refractivity (Wildman–Crippen MR) is 89.4 cm³/mol. The van der Waals surface area contributed by atoms with Crippen LogP contribution in [0.3, 0.4) is 0 Å². The van der Waals surface area contributed by atoms with E-state index in [0.29, 0.717) is 17.3 Å². The normalized spacial score (nSPS) is 10.2. The fourth-order valence-electron chi connectivity index (χ4n) is 1.90. The van der Waals surface area contributed by atoms with E-state index in [1.165, 1.54) is 0 Å². The van der Waals surface area contributed by atoms with Crippen LogP contribution in [0.1, 0.15) is 16.7 Å². The Hall–Kier alpha value is -1.78. The molecule has 0 heterocycles. The summed E-state index contributed by atoms with van der Waals surface area (Å²) in [6.07, 6.45) is 0. The number of hydrogen-bond donors (Lipinski definition) is 1. The van der Waals surface area contributed by atoms with Crippen LogP contribution in [0, 0.1) is 6.92 Å². The monoisotopic (exact) mass is 321 g/mol. The van der Waals surface area contributed by atoms with Gasteiger partial charge in [-0.15, -0.1) is 0 Å². The first-order chi connectivity index (χ1) is 10.0. The van der Waals surface area contributed by atoms with Gasteiger partial charge in [0.15, 0.2) is 0 Å². The molecule has 0 saturated heterocycles. The van der Waals surface area contributed by atoms with Gasteiger partial charge in [0.25, 0.3) is 0 Å². The van der Waals surface area contributed by atoms with Crippen molar-refractivity contribution >= 4 is 28.8 Å². The van der Waals surface area contributed by atoms with E-state index in [0.717, 1.165) is 27.5 Å². The quantitative estimate of drug-likeness (QED) is 0.849. The lowest BCUT2D eigenvalue weighted by molar-refractivity contribution is 0.305. The third-order valence-corrected chi connectivity index (χ3v) is 3.71. The lowest BCUT2D eigenvalue weighted by Crippen LogP contribution is -2.11. The molecule has 0 fully saturated rings. The maximum Gasteiger partial charge on any atom is 0.129 e. The molecule has 0 saturated carbocycles. The van der Waals surface area contributed by atoms with Crippen LogP contribution in [0.15, 0.2) is 36.4 Å². The van der Waals surface area contributed by atoms with Crippen LogP contribution in [0.5, 0.6) is 11.5 Å². The van der Waals surface area contributed by atoms with Crippen molar-refractivity contribution in [3.8, 4) is 11.5 Å². The number of hydrogen-bond acceptors (Lipinski definition) is 3. The lowest BCUT2D eigenvalue weighted by Gasteiger charge is -2.11. The third-order valence-electron chi connectivity index (χ3n) is 3.07. The topological polar surface area (TPSA) is 44.5 Å². The molecule has 0 unspecified atom stereocenters. The maximum absolute atomic E-state index is 5.99. The molecule has 0 atom stereocenters. The first-order valence-electron chi connectivity index (χ1n) is 6.37. The van der Waals surface area contributed by atoms with Gasteiger partial charge in [0.1, 0.15) is 23.1 Å². The van der Waals surface area contributed by atoms with Crippen LogP contribution in [-0.4, -0.2) is 12.1 Å². The number of thiocarbonyl (C=S) groups is 1. The summed E-state index contributed by atoms with van der Waals surface area (Å²) in [5, 5.41) is 0.727. The highest BCUT2D eigenvalue weighted by Crippen LogP contribution is 2.24. The molecule has 2 aromatic rings. The highest BCUT2D eigenvalue weighted by atomic mass is 35.5. The fourth-order valence-corrected chi connectivity index (χ4v) is 2.19. The molecule has 0 bridgehead atoms. The minimum Gasteiger partial charge on any atom is -0.496 e. The molecule has 0 aliphatic rings. The number of aryl methyl sites for hydroxylation is 1. The van der Waals surface area contributed by atoms with Gasteiger partial charge in [-0.25, -0.2) is 0 Å². The number of halogens is 1. The Labute approximate surface area is 134 Å². The number of rotatable bonds is 5. The molecule has 3 nitrogen and oxygen atoms in total. The predicted octanol–water partition coefficient (Wildman–Crippen LogP) is 3.87. The summed E-state index contributed by atoms with van der Waals surface area (Å²) in [5.41, 5.74) is 8.32. The standard InChI is InChI=1S/C16H16ClNO2S/c1-10-7-12(4-6-14(10)17)20-9-11-3-5-13(16(18)21)15(8-11)19-2/h3-8H,9H2,1-2H3,(H2,18,21). The Kier molecular flexibility index (Phi) is 5.04. The second-order valence-electron chi connectivity index (χ2n) is 4.60. The van der Waals surface area contributed by atoms with E-state index in [2.05, 4.69) is 0 Å². The molecule has 110 valence electrons. The third kappa shape index (κ3) is 3.86. The van der Waals surface area contributed by atoms with E-state index >= 15 is 0 Å². The van der Waals surface area contributed by atoms with Gasteiger partial charge >= 0.3 is 0 Å². The summed E-state index contributed by atoms with van der Waals surface area (Å²) in [6, 6.07) is 11.2. The molecule has 0 aliphatic carbocycles. The first-order valence-corrected chi connectivity index (χ1v) is 7.15. The molecule has 0 aromatic heterocycles. The Morgan fingerprint density at radius 1 is 1.24 bits per heavy atom. The minimum absolute atomic E-state index is 0.313. The van der Waals surface area contributed by atoms with E-state index in [4.69, 9.17) is 39.0 Å². The SMILES string of the molecule is COc1cc(COc2ccc(Cl)c(C)c2)ccc1C(N)=S. The summed E-state index contributed by atoms with van der Waals surface area (Å²) in [4.78, 5) is 0.313. The molecule has 0 radical (unpaired) electrons. The largest absolute Gasteiger partial charge is 0.496 e. The summed E-state index contributed by atoms with van der Waals surface area (Å²) in [5.74, 6) is 1.42. The zero-order valence-corrected chi connectivity index (χ0v) is 13.4. The van der Waals surface area contributed by atoms with Crippen molar-refractivity contribution in [3.05, 3.63) is 58.1 Å². The van der Waals surface area contributed by atoms with Gasteiger partial charge in [-0.1, -0.05) is 29.9 Å². The molecule has 5 heteroatoms. The summed E-state index contributed by atoms with van der Waals surface area (Å²) in [7, 11) is 1.59. The number of methoxy groups -OCH3 is 1. The summed E-state index contributed by atoms with van der Waals surface area (Å²) < 4.78 is 11.0. The Morgan fingerprint density at radius 2 is 2.00 bits per heavy atom. The summed E-state index contributed by atoms with van der Waals surface area (Å²) in [6.45, 7) is 2.37. The fraction of sp³-hybridized carbons (Fsp3) is 0.188. The lowest BCUT2D eigenvalue weighted by atomic mass is 10.1. The van der Waals surface area contributed by atoms with E-state index in [1.54, 1.807) is 7.11 Å². The Balaban J connectivity index is 2.13. The van der Waals surface area contributed by atoms with Crippen molar-refractivity contribution < 1.29 is 9.47 Å². The average Bonchev–Trinajstić information content (AvgIpc) is 2.48. The van der Waals surface area contributed by atoms with E-state index in [-0.39, 0.29) is 0 Å². The van der Waals surface area contributed by atoms with Gasteiger partial charge in [0, 0.05) is 5.02 Å². The van der Waals surface area contributed by atoms with Crippen LogP contribution >= 0.6 is 23.8 Å². The van der Waals surface area contributed by atoms with Gasteiger partial charge in [-0.3, -0.25) is 0 Å². The molecular formula is C16H16ClNO2S. The number of benzene rings is 2. The second-order valence-corrected chi connectivity index (χ2v) is 5.45. The zero-order valence-electron chi connectivity index (χ0n) is 11.9. The van der Waals surface area contributed by atoms with Crippen molar-refractivity contribution in [1.82, 2.24) is 0 Å². The maximum atomic E-state index is 5.99. The van der Waals surface area contributed by atoms with Gasteiger partial charge < -0.3 is 15.2 Å². The smallest absolute Gasteiger partial charge is 0.129 e. The van der Waals surface area contributed by atoms with Crippen molar-refractivity contribution in [3.63, 3.8) is 0 Å². The second kappa shape index (κ2) is 6.78. The molecule has 0 amide bonds. The van der Waals surface area contributed by atoms with E-state index in [9.17, 15) is 0 Å². The van der Waals surface area contributed by atoms with Gasteiger partial charge in [-0.2, -0.15) is 0 Å². The van der Waals surface area contributed by atoms with Crippen molar-refractivity contribution in [2.24, 2.45) is 5.73 Å². The van der Waals surface area contributed by atoms with Crippen molar-refractivity contribution in [1.29, 1.82) is 0 Å². The number of nitrogens with two attached hydrogens (primary N) is 1. The highest BCUT2D eigenvalue weighted by molar-refractivity contribution is 7.80. The highest BCUT2D eigenvalue weighted by Gasteiger charge is 2.07. The van der Waals surface area contributed by atoms with Crippen molar-refractivity contribution in [2.45, 2.75) is 13.5 Å². The minimum atomic E-state index is 0.313. The zero-order chi connectivity index (χ0) is 15.4. The van der Waals surface area contributed by atoms with Gasteiger partial charge in [0.05, 0.1) is 12.7 Å². The molecule has 2 rings (SSSR count). The summed E-state index contributed by atoms with van der Waals surface area (Å²) >= 11 is 11.0. The van der Waals surface area contributed by atoms with E-state index < -0.39 is 0 Å². The molecule has 0 spiro atoms. The Bertz CT molecular complexity index is 673. The molecular weight excluding hydrogens is 306 g/mol. The van der Waals surface area contributed by atoms with Crippen LogP contribution in [0.4, 0.5) is 0 Å². The first kappa shape index (κ1) is 15.6. The Morgan fingerprint density at radius 3 is 2.62 bits per heavy atom. The van der Waals surface area contributed by atoms with Crippen LogP contribution in [0.25, 0.3) is 0 Å². The molecule has 2 aromatic carbocycles. The van der Waals surface area contributed by atoms with Crippen LogP contribution in [-0.2, 0) is 6.61 Å². The molecule has 0 aliphatic heterocycles. The van der Waals surface area contributed by atoms with Crippen molar-refractivity contribution in [2.75, 3.05) is 7.11 Å². The molecule has 21 heavy (non-hydrogen) atoms. The molecule has 2 N–H and O–H groups in total. The van der Waals surface area contributed by atoms with Crippen LogP contribution in [0.2, 0.25) is 5.02 Å². The van der Waals surface area contributed by atoms with E-state index in [1.807, 2.05) is 43.3 Å². The number of ether oxygens (including phenoxy) is 2. The van der Waals surface area contributed by atoms with Gasteiger partial charge in [0.2, 0.25) is 0 Å².